The van der Waals surface area contributed by atoms with Gasteiger partial charge in [-0.1, -0.05) is 19.6 Å². The lowest BCUT2D eigenvalue weighted by atomic mass is 10.1. The van der Waals surface area contributed by atoms with Gasteiger partial charge in [0.1, 0.15) is 0 Å². The van der Waals surface area contributed by atoms with Gasteiger partial charge in [-0.3, -0.25) is 4.79 Å². The SMILES string of the molecule is C=C1CNCC(C)N1/C(=C\CC)C(C)=O. The monoisotopic (exact) mass is 208 g/mol. The quantitative estimate of drug-likeness (QED) is 0.716. The van der Waals surface area contributed by atoms with Crippen LogP contribution in [0.15, 0.2) is 24.0 Å². The average Bonchev–Trinajstić information content (AvgIpc) is 2.15. The summed E-state index contributed by atoms with van der Waals surface area (Å²) in [6, 6.07) is 0.299. The van der Waals surface area contributed by atoms with E-state index in [1.54, 1.807) is 6.92 Å². The van der Waals surface area contributed by atoms with E-state index in [4.69, 9.17) is 0 Å². The first-order valence-electron chi connectivity index (χ1n) is 5.46. The van der Waals surface area contributed by atoms with Crippen LogP contribution in [0.5, 0.6) is 0 Å². The summed E-state index contributed by atoms with van der Waals surface area (Å²) in [6.45, 7) is 11.4. The maximum atomic E-state index is 11.6. The van der Waals surface area contributed by atoms with E-state index in [0.717, 1.165) is 30.9 Å². The summed E-state index contributed by atoms with van der Waals surface area (Å²) in [6.07, 6.45) is 2.86. The Balaban J connectivity index is 2.94. The van der Waals surface area contributed by atoms with Crippen molar-refractivity contribution in [3.8, 4) is 0 Å². The van der Waals surface area contributed by atoms with Crippen molar-refractivity contribution in [2.45, 2.75) is 33.2 Å². The number of piperazine rings is 1. The van der Waals surface area contributed by atoms with E-state index >= 15 is 0 Å². The molecule has 1 saturated heterocycles. The average molecular weight is 208 g/mol. The van der Waals surface area contributed by atoms with E-state index in [9.17, 15) is 4.79 Å². The van der Waals surface area contributed by atoms with Gasteiger partial charge >= 0.3 is 0 Å². The number of hydrogen-bond acceptors (Lipinski definition) is 3. The van der Waals surface area contributed by atoms with Crippen LogP contribution in [-0.2, 0) is 4.79 Å². The fourth-order valence-electron chi connectivity index (χ4n) is 1.93. The zero-order valence-corrected chi connectivity index (χ0v) is 9.84. The van der Waals surface area contributed by atoms with Gasteiger partial charge in [0.25, 0.3) is 0 Å². The van der Waals surface area contributed by atoms with Crippen LogP contribution in [0.1, 0.15) is 27.2 Å². The van der Waals surface area contributed by atoms with Crippen molar-refractivity contribution in [3.05, 3.63) is 24.0 Å². The van der Waals surface area contributed by atoms with Crippen molar-refractivity contribution >= 4 is 5.78 Å². The molecular weight excluding hydrogens is 188 g/mol. The molecule has 3 heteroatoms. The number of ketones is 1. The predicted octanol–water partition coefficient (Wildman–Crippen LogP) is 1.68. The Labute approximate surface area is 91.8 Å². The first-order valence-corrected chi connectivity index (χ1v) is 5.46. The van der Waals surface area contributed by atoms with Gasteiger partial charge in [-0.2, -0.15) is 0 Å². The highest BCUT2D eigenvalue weighted by Crippen LogP contribution is 2.19. The number of carbonyl (C=O) groups excluding carboxylic acids is 1. The molecule has 1 rings (SSSR count). The fraction of sp³-hybridized carbons (Fsp3) is 0.583. The number of hydrogen-bond donors (Lipinski definition) is 1. The lowest BCUT2D eigenvalue weighted by Gasteiger charge is -2.38. The second-order valence-corrected chi connectivity index (χ2v) is 3.97. The van der Waals surface area contributed by atoms with Gasteiger partial charge in [-0.25, -0.2) is 0 Å². The highest BCUT2D eigenvalue weighted by Gasteiger charge is 2.25. The van der Waals surface area contributed by atoms with Crippen LogP contribution < -0.4 is 5.32 Å². The van der Waals surface area contributed by atoms with E-state index in [1.165, 1.54) is 0 Å². The first kappa shape index (κ1) is 12.0. The van der Waals surface area contributed by atoms with E-state index in [-0.39, 0.29) is 5.78 Å². The van der Waals surface area contributed by atoms with Gasteiger partial charge in [0, 0.05) is 31.8 Å². The molecule has 1 fully saturated rings. The molecule has 1 N–H and O–H groups in total. The minimum absolute atomic E-state index is 0.117. The molecule has 1 heterocycles. The van der Waals surface area contributed by atoms with Crippen LogP contribution in [0.25, 0.3) is 0 Å². The van der Waals surface area contributed by atoms with E-state index in [1.807, 2.05) is 13.0 Å². The van der Waals surface area contributed by atoms with Crippen molar-refractivity contribution in [2.24, 2.45) is 0 Å². The molecule has 15 heavy (non-hydrogen) atoms. The Morgan fingerprint density at radius 1 is 1.73 bits per heavy atom. The van der Waals surface area contributed by atoms with Gasteiger partial charge in [-0.15, -0.1) is 0 Å². The smallest absolute Gasteiger partial charge is 0.175 e. The molecule has 0 aromatic rings. The van der Waals surface area contributed by atoms with E-state index in [0.29, 0.717) is 6.04 Å². The standard InChI is InChI=1S/C12H20N2O/c1-5-6-12(11(4)15)14-9(2)7-13-8-10(14)3/h6,10,13H,2,5,7-8H2,1,3-4H3/b12-6-. The second kappa shape index (κ2) is 5.12. The minimum atomic E-state index is 0.117. The number of allylic oxidation sites excluding steroid dienone is 2. The van der Waals surface area contributed by atoms with Gasteiger partial charge < -0.3 is 10.2 Å². The molecule has 0 bridgehead atoms. The Morgan fingerprint density at radius 2 is 2.40 bits per heavy atom. The summed E-state index contributed by atoms with van der Waals surface area (Å²) < 4.78 is 0. The Hall–Kier alpha value is -1.09. The third-order valence-corrected chi connectivity index (χ3v) is 2.57. The Bertz CT molecular complexity index is 294. The van der Waals surface area contributed by atoms with Crippen LogP contribution in [-0.4, -0.2) is 29.8 Å². The van der Waals surface area contributed by atoms with Crippen molar-refractivity contribution in [1.29, 1.82) is 0 Å². The summed E-state index contributed by atoms with van der Waals surface area (Å²) in [5, 5.41) is 3.27. The normalized spacial score (nSPS) is 23.1. The fourth-order valence-corrected chi connectivity index (χ4v) is 1.93. The molecule has 84 valence electrons. The van der Waals surface area contributed by atoms with Gasteiger partial charge in [-0.05, 0) is 13.3 Å². The first-order chi connectivity index (χ1) is 7.07. The minimum Gasteiger partial charge on any atom is -0.338 e. The van der Waals surface area contributed by atoms with Crippen LogP contribution in [0.3, 0.4) is 0 Å². The maximum absolute atomic E-state index is 11.6. The number of rotatable bonds is 3. The summed E-state index contributed by atoms with van der Waals surface area (Å²) in [5.41, 5.74) is 1.76. The van der Waals surface area contributed by atoms with Crippen molar-refractivity contribution < 1.29 is 4.79 Å². The summed E-state index contributed by atoms with van der Waals surface area (Å²) >= 11 is 0. The number of Topliss-reactive ketones (excluding diaryl/α,β-unsaturated/α-hetero) is 1. The Morgan fingerprint density at radius 3 is 2.87 bits per heavy atom. The molecule has 3 nitrogen and oxygen atoms in total. The Kier molecular flexibility index (Phi) is 4.09. The third-order valence-electron chi connectivity index (χ3n) is 2.57. The maximum Gasteiger partial charge on any atom is 0.175 e. The van der Waals surface area contributed by atoms with Crippen molar-refractivity contribution in [1.82, 2.24) is 10.2 Å². The van der Waals surface area contributed by atoms with Gasteiger partial charge in [0.2, 0.25) is 0 Å². The molecule has 0 amide bonds. The van der Waals surface area contributed by atoms with Crippen LogP contribution in [0.2, 0.25) is 0 Å². The molecule has 1 aliphatic heterocycles. The largest absolute Gasteiger partial charge is 0.338 e. The molecule has 0 aromatic heterocycles. The molecule has 0 saturated carbocycles. The summed E-state index contributed by atoms with van der Waals surface area (Å²) in [7, 11) is 0. The molecule has 0 aromatic carbocycles. The lowest BCUT2D eigenvalue weighted by Crippen LogP contribution is -2.48. The molecule has 1 unspecified atom stereocenters. The van der Waals surface area contributed by atoms with Crippen LogP contribution in [0, 0.1) is 0 Å². The summed E-state index contributed by atoms with van der Waals surface area (Å²) in [4.78, 5) is 13.6. The number of nitrogens with zero attached hydrogens (tertiary/aromatic N) is 1. The van der Waals surface area contributed by atoms with Crippen LogP contribution in [0.4, 0.5) is 0 Å². The molecule has 0 radical (unpaired) electrons. The lowest BCUT2D eigenvalue weighted by molar-refractivity contribution is -0.115. The molecule has 0 spiro atoms. The zero-order chi connectivity index (χ0) is 11.4. The topological polar surface area (TPSA) is 32.3 Å². The second-order valence-electron chi connectivity index (χ2n) is 3.97. The highest BCUT2D eigenvalue weighted by atomic mass is 16.1. The molecule has 1 atom stereocenters. The highest BCUT2D eigenvalue weighted by molar-refractivity contribution is 5.93. The van der Waals surface area contributed by atoms with E-state index < -0.39 is 0 Å². The molecular formula is C12H20N2O. The molecule has 1 aliphatic rings. The summed E-state index contributed by atoms with van der Waals surface area (Å²) in [5.74, 6) is 0.117. The number of nitrogens with one attached hydrogen (secondary N) is 1. The van der Waals surface area contributed by atoms with Crippen LogP contribution >= 0.6 is 0 Å². The van der Waals surface area contributed by atoms with Gasteiger partial charge in [0.05, 0.1) is 5.70 Å². The number of carbonyl (C=O) groups is 1. The van der Waals surface area contributed by atoms with Gasteiger partial charge in [0.15, 0.2) is 5.78 Å². The predicted molar refractivity (Wildman–Crippen MR) is 62.4 cm³/mol. The third kappa shape index (κ3) is 2.69. The van der Waals surface area contributed by atoms with Crippen molar-refractivity contribution in [3.63, 3.8) is 0 Å². The van der Waals surface area contributed by atoms with E-state index in [2.05, 4.69) is 23.7 Å². The van der Waals surface area contributed by atoms with Crippen molar-refractivity contribution in [2.75, 3.05) is 13.1 Å². The zero-order valence-electron chi connectivity index (χ0n) is 9.84. The molecule has 0 aliphatic carbocycles.